The van der Waals surface area contributed by atoms with Gasteiger partial charge in [-0.25, -0.2) is 9.37 Å². The number of hydrogen-bond donors (Lipinski definition) is 4. The third-order valence-corrected chi connectivity index (χ3v) is 17.5. The maximum atomic E-state index is 13.9. The van der Waals surface area contributed by atoms with Gasteiger partial charge in [0.2, 0.25) is 16.2 Å². The molecular formula is C45H57Cl3N3O10S3+. The lowest BCUT2D eigenvalue weighted by molar-refractivity contribution is -0.118. The van der Waals surface area contributed by atoms with Gasteiger partial charge in [0.15, 0.2) is 21.9 Å². The van der Waals surface area contributed by atoms with Crippen LogP contribution in [-0.4, -0.2) is 80.4 Å². The summed E-state index contributed by atoms with van der Waals surface area (Å²) in [5.74, 6) is -3.23. The molecule has 0 radical (unpaired) electrons. The first-order valence-corrected chi connectivity index (χ1v) is 26.3. The van der Waals surface area contributed by atoms with E-state index in [-0.39, 0.29) is 71.4 Å². The summed E-state index contributed by atoms with van der Waals surface area (Å²) in [6.07, 6.45) is 5.45. The van der Waals surface area contributed by atoms with Gasteiger partial charge in [-0.1, -0.05) is 81.8 Å². The molecule has 3 heterocycles. The molecule has 1 amide bonds. The molecule has 0 bridgehead atoms. The second-order valence-electron chi connectivity index (χ2n) is 18.8. The molecule has 0 saturated heterocycles. The van der Waals surface area contributed by atoms with Crippen molar-refractivity contribution in [1.82, 2.24) is 9.89 Å². The van der Waals surface area contributed by atoms with Crippen molar-refractivity contribution in [2.24, 2.45) is 5.92 Å². The van der Waals surface area contributed by atoms with Crippen LogP contribution >= 0.6 is 46.6 Å². The van der Waals surface area contributed by atoms with Gasteiger partial charge in [0.05, 0.1) is 32.1 Å². The summed E-state index contributed by atoms with van der Waals surface area (Å²) in [5.41, 5.74) is -1.28. The van der Waals surface area contributed by atoms with Crippen LogP contribution in [0.2, 0.25) is 15.1 Å². The summed E-state index contributed by atoms with van der Waals surface area (Å²) in [6.45, 7) is 16.2. The van der Waals surface area contributed by atoms with Crippen LogP contribution in [0, 0.1) is 5.92 Å². The highest BCUT2D eigenvalue weighted by Gasteiger charge is 2.47. The number of carboxylic acids is 1. The van der Waals surface area contributed by atoms with E-state index in [1.165, 1.54) is 0 Å². The minimum Gasteiger partial charge on any atom is -0.478 e. The smallest absolute Gasteiger partial charge is 0.337 e. The van der Waals surface area contributed by atoms with Crippen LogP contribution in [0.15, 0.2) is 26.8 Å². The van der Waals surface area contributed by atoms with Crippen molar-refractivity contribution in [1.29, 1.82) is 0 Å². The third kappa shape index (κ3) is 9.15. The quantitative estimate of drug-likeness (QED) is 0.0309. The number of halogens is 3. The number of hydrogen-bond acceptors (Lipinski definition) is 9. The molecule has 3 aromatic rings. The Bertz CT molecular complexity index is 2830. The van der Waals surface area contributed by atoms with Crippen LogP contribution in [0.3, 0.4) is 0 Å². The number of carbonyl (C=O) groups is 2. The standard InChI is InChI=1S/C45H56Cl3N3O10S3/c1-11-24-20-45(7,8)51(10)37-26(24)18-28-30(31-32(43(53)54)33(46)35(48)40(34(31)47)62-21-29(52)49-16-14-12-13-15-22(2)3)27-17-25-23(4)19-44(5,6)50(9)36(25)41(63(55,56)57)38(27)61-39(28)42(37)64(58,59)60/h17-18,22-24H,11-16,19-21H2,1-10H3,(H3-,49,52,53,54,55,56,57,58,59,60)/p+1. The van der Waals surface area contributed by atoms with E-state index in [1.54, 1.807) is 35.7 Å². The number of ether oxygens (including phenoxy) is 1. The summed E-state index contributed by atoms with van der Waals surface area (Å²) in [5, 5.41) is 12.9. The van der Waals surface area contributed by atoms with Crippen LogP contribution in [0.1, 0.15) is 145 Å². The molecule has 0 aliphatic carbocycles. The van der Waals surface area contributed by atoms with Crippen LogP contribution in [0.4, 0.5) is 5.69 Å². The number of aromatic carboxylic acids is 1. The molecule has 2 unspecified atom stereocenters. The number of nitrogens with zero attached hydrogens (tertiary/aromatic N) is 2. The van der Waals surface area contributed by atoms with E-state index in [9.17, 15) is 40.6 Å². The van der Waals surface area contributed by atoms with Crippen molar-refractivity contribution in [3.8, 4) is 11.5 Å². The minimum atomic E-state index is -5.25. The molecule has 0 saturated carbocycles. The highest BCUT2D eigenvalue weighted by atomic mass is 35.5. The van der Waals surface area contributed by atoms with Crippen molar-refractivity contribution in [2.75, 3.05) is 31.3 Å². The molecule has 0 aromatic heterocycles. The van der Waals surface area contributed by atoms with Crippen LogP contribution in [0.25, 0.3) is 5.57 Å². The SMILES string of the molecule is CCC1CC(C)(C)N(C)c2c1cc1c(c2S(=O)(=O)O)Oc2c(S(=O)(=O)O)c3c(cc2=C1c1c(Cl)c(SCC(=O)NCCCCCC(C)C)c(Cl)c(Cl)c1C(=O)O)C(C)CC(C)(C)[N+]=3C. The largest absolute Gasteiger partial charge is 0.478 e. The summed E-state index contributed by atoms with van der Waals surface area (Å²) in [7, 11) is -7.16. The summed E-state index contributed by atoms with van der Waals surface area (Å²) >= 11 is 22.0. The zero-order chi connectivity index (χ0) is 47.8. The summed E-state index contributed by atoms with van der Waals surface area (Å²) in [4.78, 5) is 27.1. The summed E-state index contributed by atoms with van der Waals surface area (Å²) < 4.78 is 86.4. The second kappa shape index (κ2) is 18.2. The normalized spacial score (nSPS) is 18.8. The molecule has 0 spiro atoms. The Morgan fingerprint density at radius 1 is 0.953 bits per heavy atom. The Labute approximate surface area is 395 Å². The molecule has 2 atom stereocenters. The van der Waals surface area contributed by atoms with E-state index in [4.69, 9.17) is 39.5 Å². The first kappa shape index (κ1) is 50.3. The maximum Gasteiger partial charge on any atom is 0.337 e. The highest BCUT2D eigenvalue weighted by molar-refractivity contribution is 8.00. The van der Waals surface area contributed by atoms with Gasteiger partial charge in [-0.05, 0) is 82.4 Å². The van der Waals surface area contributed by atoms with E-state index in [1.807, 2.05) is 41.5 Å². The topological polar surface area (TPSA) is 191 Å². The van der Waals surface area contributed by atoms with Crippen molar-refractivity contribution < 1.29 is 45.4 Å². The fraction of sp³-hybridized carbons (Fsp3) is 0.533. The van der Waals surface area contributed by atoms with E-state index >= 15 is 0 Å². The van der Waals surface area contributed by atoms with Crippen molar-refractivity contribution in [2.45, 2.75) is 138 Å². The van der Waals surface area contributed by atoms with Crippen LogP contribution < -0.4 is 30.1 Å². The van der Waals surface area contributed by atoms with Gasteiger partial charge < -0.3 is 20.1 Å². The van der Waals surface area contributed by atoms with Gasteiger partial charge in [0.25, 0.3) is 10.1 Å². The number of benzene rings is 3. The van der Waals surface area contributed by atoms with Crippen molar-refractivity contribution in [3.05, 3.63) is 65.6 Å². The number of rotatable bonds is 14. The lowest BCUT2D eigenvalue weighted by Crippen LogP contribution is -2.52. The van der Waals surface area contributed by atoms with Gasteiger partial charge in [-0.15, -0.1) is 11.8 Å². The molecule has 350 valence electrons. The van der Waals surface area contributed by atoms with Gasteiger partial charge in [-0.3, -0.25) is 13.9 Å². The zero-order valence-corrected chi connectivity index (χ0v) is 42.4. The number of carboxylic acid groups (broad SMARTS) is 1. The fourth-order valence-corrected chi connectivity index (χ4v) is 13.3. The number of fused-ring (bicyclic) bond motifs is 4. The molecule has 64 heavy (non-hydrogen) atoms. The molecule has 3 aliphatic rings. The average molecular weight is 1000 g/mol. The lowest BCUT2D eigenvalue weighted by atomic mass is 9.76. The maximum absolute atomic E-state index is 13.9. The summed E-state index contributed by atoms with van der Waals surface area (Å²) in [6, 6.07) is 3.30. The van der Waals surface area contributed by atoms with Crippen LogP contribution in [0.5, 0.6) is 11.5 Å². The Balaban J connectivity index is 1.78. The van der Waals surface area contributed by atoms with E-state index in [0.29, 0.717) is 42.9 Å². The van der Waals surface area contributed by atoms with Crippen LogP contribution in [-0.2, 0) is 25.0 Å². The molecule has 6 rings (SSSR count). The molecule has 13 nitrogen and oxygen atoms in total. The van der Waals surface area contributed by atoms with Gasteiger partial charge in [-0.2, -0.15) is 16.8 Å². The average Bonchev–Trinajstić information content (AvgIpc) is 3.17. The van der Waals surface area contributed by atoms with E-state index in [0.717, 1.165) is 37.4 Å². The van der Waals surface area contributed by atoms with E-state index in [2.05, 4.69) is 19.2 Å². The molecule has 19 heteroatoms. The molecule has 4 N–H and O–H groups in total. The Hall–Kier alpha value is -3.09. The zero-order valence-electron chi connectivity index (χ0n) is 37.7. The van der Waals surface area contributed by atoms with Crippen molar-refractivity contribution in [3.63, 3.8) is 0 Å². The second-order valence-corrected chi connectivity index (χ2v) is 23.7. The monoisotopic (exact) mass is 1000 g/mol. The van der Waals surface area contributed by atoms with Crippen molar-refractivity contribution >= 4 is 89.9 Å². The lowest BCUT2D eigenvalue weighted by Gasteiger charge is -2.47. The fourth-order valence-electron chi connectivity index (χ4n) is 9.54. The predicted octanol–water partition coefficient (Wildman–Crippen LogP) is 9.13. The van der Waals surface area contributed by atoms with Gasteiger partial charge in [0, 0.05) is 57.9 Å². The number of unbranched alkanes of at least 4 members (excludes halogenated alkanes) is 2. The first-order valence-electron chi connectivity index (χ1n) is 21.3. The third-order valence-electron chi connectivity index (χ3n) is 13.1. The molecule has 3 aliphatic heterocycles. The molecule has 0 fully saturated rings. The number of nitrogens with one attached hydrogen (secondary N) is 1. The first-order chi connectivity index (χ1) is 29.6. The molecule has 3 aromatic carbocycles. The van der Waals surface area contributed by atoms with Gasteiger partial charge in [0.1, 0.15) is 7.05 Å². The predicted molar refractivity (Wildman–Crippen MR) is 253 cm³/mol. The highest BCUT2D eigenvalue weighted by Crippen LogP contribution is 2.56. The molecular weight excluding hydrogens is 945 g/mol. The minimum absolute atomic E-state index is 0.0335. The number of amides is 1. The number of carbonyl (C=O) groups excluding carboxylic acids is 1. The van der Waals surface area contributed by atoms with Gasteiger partial charge >= 0.3 is 16.1 Å². The number of anilines is 1. The van der Waals surface area contributed by atoms with E-state index < -0.39 is 69.2 Å². The Kier molecular flexibility index (Phi) is 14.3. The number of thioether (sulfide) groups is 1. The Morgan fingerprint density at radius 3 is 2.17 bits per heavy atom. The Morgan fingerprint density at radius 2 is 1.59 bits per heavy atom.